The molecule has 4 amide bonds. The number of urea groups is 1. The zero-order valence-corrected chi connectivity index (χ0v) is 27.7. The number of nitrogens with one attached hydrogen (secondary N) is 3. The number of carboxylic acids is 1. The smallest absolute Gasteiger partial charge is 0.407 e. The normalized spacial score (nSPS) is 13.4. The first-order chi connectivity index (χ1) is 22.0. The Morgan fingerprint density at radius 2 is 1.63 bits per heavy atom. The maximum atomic E-state index is 14.1. The second-order valence-electron chi connectivity index (χ2n) is 11.7. The maximum absolute atomic E-state index is 14.1. The first-order valence-electron chi connectivity index (χ1n) is 15.0. The Bertz CT molecular complexity index is 1420. The van der Waals surface area contributed by atoms with Gasteiger partial charge in [0.05, 0.1) is 25.6 Å². The van der Waals surface area contributed by atoms with Gasteiger partial charge in [0, 0.05) is 16.3 Å². The number of benzene rings is 1. The summed E-state index contributed by atoms with van der Waals surface area (Å²) in [4.78, 5) is 55.0. The van der Waals surface area contributed by atoms with Crippen LogP contribution in [-0.4, -0.2) is 59.0 Å². The molecule has 0 bridgehead atoms. The van der Waals surface area contributed by atoms with E-state index in [2.05, 4.69) is 16.0 Å². The molecule has 1 aliphatic rings. The summed E-state index contributed by atoms with van der Waals surface area (Å²) in [7, 11) is 0. The van der Waals surface area contributed by atoms with Gasteiger partial charge in [-0.15, -0.1) is 22.7 Å². The number of aliphatic carboxylic acids is 1. The lowest BCUT2D eigenvalue weighted by Gasteiger charge is -2.28. The molecule has 2 aromatic heterocycles. The van der Waals surface area contributed by atoms with Gasteiger partial charge >= 0.3 is 18.1 Å². The fraction of sp³-hybridized carbons (Fsp3) is 0.438. The van der Waals surface area contributed by atoms with Gasteiger partial charge in [-0.25, -0.2) is 9.59 Å². The third kappa shape index (κ3) is 10.9. The predicted molar refractivity (Wildman–Crippen MR) is 174 cm³/mol. The molecule has 2 atom stereocenters. The number of nitrogens with zero attached hydrogens (tertiary/aromatic N) is 1. The van der Waals surface area contributed by atoms with Crippen molar-refractivity contribution < 1.29 is 38.5 Å². The highest BCUT2D eigenvalue weighted by Crippen LogP contribution is 2.35. The summed E-state index contributed by atoms with van der Waals surface area (Å²) in [5.41, 5.74) is -0.0954. The van der Waals surface area contributed by atoms with Gasteiger partial charge < -0.3 is 40.2 Å². The second kappa shape index (κ2) is 16.3. The number of unbranched alkanes of at least 4 members (excludes halogenated alkanes) is 1. The number of fused-ring (bicyclic) bond motifs is 1. The number of amides is 4. The predicted octanol–water partition coefficient (Wildman–Crippen LogP) is 5.65. The first kappa shape index (κ1) is 34.6. The van der Waals surface area contributed by atoms with E-state index in [-0.39, 0.29) is 19.1 Å². The quantitative estimate of drug-likeness (QED) is 0.151. The van der Waals surface area contributed by atoms with Crippen molar-refractivity contribution in [3.8, 4) is 11.5 Å². The Labute approximate surface area is 276 Å². The average molecular weight is 673 g/mol. The van der Waals surface area contributed by atoms with Crippen molar-refractivity contribution in [2.24, 2.45) is 0 Å². The Hall–Kier alpha value is -4.30. The SMILES string of the molecule is CC(C)(C)OC(=O)NCCCC[C@H](NC(=O)N[C@@H](CC(=O)O)c1ccc2c(c1)OCO2)C(=O)N(Cc1cccs1)Cc1cccs1. The average Bonchev–Trinajstić information content (AvgIpc) is 3.77. The van der Waals surface area contributed by atoms with E-state index in [1.807, 2.05) is 35.0 Å². The van der Waals surface area contributed by atoms with Crippen molar-refractivity contribution in [2.45, 2.75) is 77.2 Å². The molecule has 3 aromatic rings. The van der Waals surface area contributed by atoms with Gasteiger partial charge in [0.15, 0.2) is 11.5 Å². The van der Waals surface area contributed by atoms with Crippen LogP contribution in [0.5, 0.6) is 11.5 Å². The molecule has 14 heteroatoms. The van der Waals surface area contributed by atoms with Crippen LogP contribution in [0.4, 0.5) is 9.59 Å². The van der Waals surface area contributed by atoms with E-state index in [0.717, 1.165) is 9.75 Å². The monoisotopic (exact) mass is 672 g/mol. The van der Waals surface area contributed by atoms with Crippen LogP contribution < -0.4 is 25.4 Å². The fourth-order valence-corrected chi connectivity index (χ4v) is 6.20. The Kier molecular flexibility index (Phi) is 12.3. The topological polar surface area (TPSA) is 156 Å². The summed E-state index contributed by atoms with van der Waals surface area (Å²) in [6.45, 7) is 6.48. The lowest BCUT2D eigenvalue weighted by atomic mass is 10.0. The molecule has 3 heterocycles. The Balaban J connectivity index is 1.47. The third-order valence-corrected chi connectivity index (χ3v) is 8.56. The highest BCUT2D eigenvalue weighted by molar-refractivity contribution is 7.10. The minimum absolute atomic E-state index is 0.0564. The molecule has 4 rings (SSSR count). The molecule has 1 aliphatic heterocycles. The highest BCUT2D eigenvalue weighted by Gasteiger charge is 2.29. The molecule has 1 aromatic carbocycles. The van der Waals surface area contributed by atoms with E-state index in [9.17, 15) is 24.3 Å². The van der Waals surface area contributed by atoms with Gasteiger partial charge in [-0.05, 0) is 80.6 Å². The molecule has 0 fully saturated rings. The molecule has 0 aliphatic carbocycles. The second-order valence-corrected chi connectivity index (χ2v) is 13.8. The Morgan fingerprint density at radius 1 is 0.957 bits per heavy atom. The number of ether oxygens (including phenoxy) is 3. The standard InChI is InChI=1S/C32H40N4O8S2/c1-32(2,3)44-31(41)33-13-5-4-10-24(29(39)36(18-22-8-6-14-45-22)19-23-9-7-15-46-23)34-30(40)35-25(17-28(37)38)21-11-12-26-27(16-21)43-20-42-26/h6-9,11-12,14-16,24-25H,4-5,10,13,17-20H2,1-3H3,(H,33,41)(H,37,38)(H2,34,35,40)/t24-,25-/m0/s1. The molecule has 0 radical (unpaired) electrons. The molecular weight excluding hydrogens is 633 g/mol. The van der Waals surface area contributed by atoms with Crippen molar-refractivity contribution in [3.05, 3.63) is 68.5 Å². The number of carboxylic acid groups (broad SMARTS) is 1. The van der Waals surface area contributed by atoms with E-state index in [0.29, 0.717) is 56.0 Å². The molecule has 0 saturated carbocycles. The van der Waals surface area contributed by atoms with Gasteiger partial charge in [-0.1, -0.05) is 18.2 Å². The van der Waals surface area contributed by atoms with Crippen LogP contribution in [0.2, 0.25) is 0 Å². The van der Waals surface area contributed by atoms with Gasteiger partial charge in [0.25, 0.3) is 0 Å². The van der Waals surface area contributed by atoms with Crippen LogP contribution in [0.1, 0.15) is 67.8 Å². The summed E-state index contributed by atoms with van der Waals surface area (Å²) >= 11 is 3.08. The van der Waals surface area contributed by atoms with E-state index < -0.39 is 35.8 Å². The zero-order chi connectivity index (χ0) is 33.1. The number of carbonyl (C=O) groups excluding carboxylic acids is 3. The summed E-state index contributed by atoms with van der Waals surface area (Å²) in [5.74, 6) is -0.382. The first-order valence-corrected chi connectivity index (χ1v) is 16.7. The van der Waals surface area contributed by atoms with Crippen LogP contribution >= 0.6 is 22.7 Å². The molecular formula is C32H40N4O8S2. The minimum atomic E-state index is -1.11. The van der Waals surface area contributed by atoms with E-state index in [4.69, 9.17) is 14.2 Å². The molecule has 12 nitrogen and oxygen atoms in total. The molecule has 0 saturated heterocycles. The summed E-state index contributed by atoms with van der Waals surface area (Å²) < 4.78 is 16.1. The number of rotatable bonds is 15. The van der Waals surface area contributed by atoms with Crippen molar-refractivity contribution >= 4 is 46.7 Å². The van der Waals surface area contributed by atoms with E-state index >= 15 is 0 Å². The van der Waals surface area contributed by atoms with Crippen molar-refractivity contribution in [2.75, 3.05) is 13.3 Å². The fourth-order valence-electron chi connectivity index (χ4n) is 4.76. The van der Waals surface area contributed by atoms with Gasteiger partial charge in [0.1, 0.15) is 11.6 Å². The molecule has 0 spiro atoms. The summed E-state index contributed by atoms with van der Waals surface area (Å²) in [5, 5.41) is 21.8. The number of alkyl carbamates (subject to hydrolysis) is 1. The van der Waals surface area contributed by atoms with Crippen molar-refractivity contribution in [1.82, 2.24) is 20.9 Å². The molecule has 0 unspecified atom stereocenters. The Morgan fingerprint density at radius 3 is 2.24 bits per heavy atom. The number of hydrogen-bond donors (Lipinski definition) is 4. The van der Waals surface area contributed by atoms with E-state index in [1.54, 1.807) is 66.5 Å². The van der Waals surface area contributed by atoms with Gasteiger partial charge in [-0.2, -0.15) is 0 Å². The van der Waals surface area contributed by atoms with E-state index in [1.165, 1.54) is 0 Å². The third-order valence-electron chi connectivity index (χ3n) is 6.84. The largest absolute Gasteiger partial charge is 0.481 e. The van der Waals surface area contributed by atoms with Crippen LogP contribution in [0.25, 0.3) is 0 Å². The lowest BCUT2D eigenvalue weighted by Crippen LogP contribution is -2.51. The number of thiophene rings is 2. The minimum Gasteiger partial charge on any atom is -0.481 e. The number of hydrogen-bond acceptors (Lipinski definition) is 9. The highest BCUT2D eigenvalue weighted by atomic mass is 32.1. The van der Waals surface area contributed by atoms with Crippen molar-refractivity contribution in [3.63, 3.8) is 0 Å². The van der Waals surface area contributed by atoms with Crippen LogP contribution in [-0.2, 0) is 27.4 Å². The summed E-state index contributed by atoms with van der Waals surface area (Å²) in [6, 6.07) is 10.2. The van der Waals surface area contributed by atoms with Crippen LogP contribution in [0.15, 0.2) is 53.2 Å². The summed E-state index contributed by atoms with van der Waals surface area (Å²) in [6.07, 6.45) is 0.440. The van der Waals surface area contributed by atoms with Crippen LogP contribution in [0.3, 0.4) is 0 Å². The molecule has 46 heavy (non-hydrogen) atoms. The van der Waals surface area contributed by atoms with Crippen LogP contribution in [0, 0.1) is 0 Å². The molecule has 248 valence electrons. The zero-order valence-electron chi connectivity index (χ0n) is 26.1. The van der Waals surface area contributed by atoms with Gasteiger partial charge in [-0.3, -0.25) is 9.59 Å². The lowest BCUT2D eigenvalue weighted by molar-refractivity contribution is -0.137. The maximum Gasteiger partial charge on any atom is 0.407 e. The number of carbonyl (C=O) groups is 4. The molecule has 4 N–H and O–H groups in total. The van der Waals surface area contributed by atoms with Gasteiger partial charge in [0.2, 0.25) is 12.7 Å². The van der Waals surface area contributed by atoms with Crippen molar-refractivity contribution in [1.29, 1.82) is 0 Å².